The fraction of sp³-hybridized carbons (Fsp3) is 0.367. The van der Waals surface area contributed by atoms with Crippen molar-refractivity contribution in [3.05, 3.63) is 167 Å². The zero-order valence-corrected chi connectivity index (χ0v) is 44.8. The van der Waals surface area contributed by atoms with Crippen LogP contribution in [0.3, 0.4) is 0 Å². The zero-order valence-electron chi connectivity index (χ0n) is 42.8. The highest BCUT2D eigenvalue weighted by Gasteiger charge is 2.26. The molecule has 336 valence electrons. The molecule has 4 heteroatoms. The van der Waals surface area contributed by atoms with Gasteiger partial charge in [-0.3, -0.25) is 0 Å². The Kier molecular flexibility index (Phi) is 13.5. The van der Waals surface area contributed by atoms with Crippen LogP contribution in [0.15, 0.2) is 133 Å². The van der Waals surface area contributed by atoms with E-state index in [0.717, 1.165) is 11.4 Å². The van der Waals surface area contributed by atoms with Gasteiger partial charge in [0.15, 0.2) is 0 Å². The van der Waals surface area contributed by atoms with E-state index in [2.05, 4.69) is 278 Å². The van der Waals surface area contributed by atoms with Gasteiger partial charge in [-0.15, -0.1) is 0 Å². The van der Waals surface area contributed by atoms with Crippen molar-refractivity contribution in [1.29, 1.82) is 0 Å². The van der Waals surface area contributed by atoms with Crippen LogP contribution in [-0.2, 0) is 21.7 Å². The van der Waals surface area contributed by atoms with Crippen molar-refractivity contribution >= 4 is 72.8 Å². The Hall–Kier alpha value is -4.91. The standard InChI is InChI=1S/C60H78N2Si2/c1-57(2,3)45-37-46(58(4,5)6)40-53(39-45)61(51-29-33-55(34-30-51)63(13,14)15)49-25-21-43(22-26-49)19-20-44-23-27-50(28-24-44)62(52-31-35-56(36-32-52)64(16,17)18)54-41-47(59(7,8)9)38-48(42-54)60(10,11)12/h19-42H,1-18H3/b20-19+. The van der Waals surface area contributed by atoms with E-state index < -0.39 is 16.1 Å². The third kappa shape index (κ3) is 11.7. The van der Waals surface area contributed by atoms with Crippen LogP contribution in [-0.4, -0.2) is 16.1 Å². The zero-order chi connectivity index (χ0) is 47.2. The van der Waals surface area contributed by atoms with Crippen LogP contribution in [0.5, 0.6) is 0 Å². The van der Waals surface area contributed by atoms with Crippen molar-refractivity contribution < 1.29 is 0 Å². The predicted molar refractivity (Wildman–Crippen MR) is 292 cm³/mol. The minimum absolute atomic E-state index is 0.0145. The number of anilines is 6. The number of nitrogens with zero attached hydrogens (tertiary/aromatic N) is 2. The molecule has 0 aliphatic rings. The second-order valence-corrected chi connectivity index (χ2v) is 34.5. The Balaban J connectivity index is 1.36. The third-order valence-electron chi connectivity index (χ3n) is 12.6. The Labute approximate surface area is 391 Å². The summed E-state index contributed by atoms with van der Waals surface area (Å²) in [4.78, 5) is 4.88. The number of hydrogen-bond acceptors (Lipinski definition) is 2. The summed E-state index contributed by atoms with van der Waals surface area (Å²) in [5.41, 5.74) is 14.8. The minimum Gasteiger partial charge on any atom is -0.310 e. The minimum atomic E-state index is -1.45. The SMILES string of the molecule is CC(C)(C)c1cc(N(c2ccc(/C=C/c3ccc(N(c4ccc([Si](C)(C)C)cc4)c4cc(C(C)(C)C)cc(C(C)(C)C)c4)cc3)cc2)c2ccc([Si](C)(C)C)cc2)cc(C(C)(C)C)c1. The highest BCUT2D eigenvalue weighted by molar-refractivity contribution is 6.89. The summed E-state index contributed by atoms with van der Waals surface area (Å²) in [6.45, 7) is 42.3. The first kappa shape index (κ1) is 48.5. The van der Waals surface area contributed by atoms with Crippen LogP contribution in [0.25, 0.3) is 12.2 Å². The quantitative estimate of drug-likeness (QED) is 0.0999. The fourth-order valence-electron chi connectivity index (χ4n) is 7.99. The van der Waals surface area contributed by atoms with Crippen molar-refractivity contribution in [3.63, 3.8) is 0 Å². The van der Waals surface area contributed by atoms with Crippen molar-refractivity contribution in [1.82, 2.24) is 0 Å². The van der Waals surface area contributed by atoms with Crippen LogP contribution in [0.2, 0.25) is 39.3 Å². The van der Waals surface area contributed by atoms with Gasteiger partial charge in [0.2, 0.25) is 0 Å². The normalized spacial score (nSPS) is 13.1. The molecule has 6 aromatic rings. The summed E-state index contributed by atoms with van der Waals surface area (Å²) < 4.78 is 0. The summed E-state index contributed by atoms with van der Waals surface area (Å²) in [6, 6.07) is 51.2. The van der Waals surface area contributed by atoms with Gasteiger partial charge in [0.05, 0.1) is 16.1 Å². The van der Waals surface area contributed by atoms with Gasteiger partial charge in [-0.25, -0.2) is 0 Å². The molecule has 0 fully saturated rings. The monoisotopic (exact) mass is 883 g/mol. The number of benzene rings is 6. The van der Waals surface area contributed by atoms with E-state index in [9.17, 15) is 0 Å². The topological polar surface area (TPSA) is 6.48 Å². The van der Waals surface area contributed by atoms with Gasteiger partial charge < -0.3 is 9.80 Å². The Morgan fingerprint density at radius 2 is 0.516 bits per heavy atom. The molecule has 2 nitrogen and oxygen atoms in total. The first-order valence-corrected chi connectivity index (χ1v) is 30.5. The van der Waals surface area contributed by atoms with Gasteiger partial charge in [0, 0.05) is 34.1 Å². The van der Waals surface area contributed by atoms with Gasteiger partial charge in [-0.2, -0.15) is 0 Å². The van der Waals surface area contributed by atoms with Crippen molar-refractivity contribution in [2.45, 2.75) is 144 Å². The first-order chi connectivity index (χ1) is 29.5. The van der Waals surface area contributed by atoms with E-state index in [1.807, 2.05) is 0 Å². The van der Waals surface area contributed by atoms with Crippen LogP contribution < -0.4 is 20.2 Å². The maximum absolute atomic E-state index is 2.44. The van der Waals surface area contributed by atoms with Crippen LogP contribution >= 0.6 is 0 Å². The number of hydrogen-bond donors (Lipinski definition) is 0. The summed E-state index contributed by atoms with van der Waals surface area (Å²) in [7, 11) is -2.91. The van der Waals surface area contributed by atoms with Gasteiger partial charge in [-0.05, 0) is 128 Å². The molecule has 6 rings (SSSR count). The maximum Gasteiger partial charge on any atom is 0.0775 e. The lowest BCUT2D eigenvalue weighted by Gasteiger charge is -2.31. The average Bonchev–Trinajstić information content (AvgIpc) is 3.19. The third-order valence-corrected chi connectivity index (χ3v) is 16.7. The molecule has 0 saturated carbocycles. The van der Waals surface area contributed by atoms with Crippen LogP contribution in [0.4, 0.5) is 34.1 Å². The molecule has 0 bridgehead atoms. The lowest BCUT2D eigenvalue weighted by molar-refractivity contribution is 0.568. The molecular weight excluding hydrogens is 805 g/mol. The van der Waals surface area contributed by atoms with Gasteiger partial charge in [0.1, 0.15) is 0 Å². The Morgan fingerprint density at radius 3 is 0.719 bits per heavy atom. The second kappa shape index (κ2) is 17.8. The molecule has 64 heavy (non-hydrogen) atoms. The van der Waals surface area contributed by atoms with Gasteiger partial charge >= 0.3 is 0 Å². The molecule has 0 spiro atoms. The Morgan fingerprint density at radius 1 is 0.297 bits per heavy atom. The van der Waals surface area contributed by atoms with E-state index >= 15 is 0 Å². The molecule has 0 atom stereocenters. The van der Waals surface area contributed by atoms with E-state index in [1.54, 1.807) is 0 Å². The molecule has 0 aliphatic heterocycles. The largest absolute Gasteiger partial charge is 0.310 e. The summed E-state index contributed by atoms with van der Waals surface area (Å²) in [5.74, 6) is 0. The highest BCUT2D eigenvalue weighted by atomic mass is 28.3. The van der Waals surface area contributed by atoms with Gasteiger partial charge in [-0.1, -0.05) is 206 Å². The molecule has 0 N–H and O–H groups in total. The van der Waals surface area contributed by atoms with E-state index in [0.29, 0.717) is 0 Å². The predicted octanol–water partition coefficient (Wildman–Crippen LogP) is 17.1. The number of rotatable bonds is 10. The molecule has 0 unspecified atom stereocenters. The van der Waals surface area contributed by atoms with Crippen molar-refractivity contribution in [3.8, 4) is 0 Å². The average molecular weight is 883 g/mol. The molecular formula is C60H78N2Si2. The van der Waals surface area contributed by atoms with Crippen molar-refractivity contribution in [2.75, 3.05) is 9.80 Å². The van der Waals surface area contributed by atoms with Crippen molar-refractivity contribution in [2.24, 2.45) is 0 Å². The summed E-state index contributed by atoms with van der Waals surface area (Å²) in [5, 5.41) is 2.94. The lowest BCUT2D eigenvalue weighted by atomic mass is 9.80. The highest BCUT2D eigenvalue weighted by Crippen LogP contribution is 2.42. The molecule has 0 amide bonds. The van der Waals surface area contributed by atoms with E-state index in [1.165, 1.54) is 66.5 Å². The molecule has 0 aliphatic carbocycles. The second-order valence-electron chi connectivity index (χ2n) is 24.3. The van der Waals surface area contributed by atoms with Gasteiger partial charge in [0.25, 0.3) is 0 Å². The molecule has 0 heterocycles. The summed E-state index contributed by atoms with van der Waals surface area (Å²) >= 11 is 0. The smallest absolute Gasteiger partial charge is 0.0775 e. The molecule has 0 saturated heterocycles. The fourth-order valence-corrected chi connectivity index (χ4v) is 10.3. The first-order valence-electron chi connectivity index (χ1n) is 23.5. The van der Waals surface area contributed by atoms with E-state index in [-0.39, 0.29) is 21.7 Å². The molecule has 0 aromatic heterocycles. The molecule has 6 aromatic carbocycles. The van der Waals surface area contributed by atoms with E-state index in [4.69, 9.17) is 0 Å². The van der Waals surface area contributed by atoms with Crippen LogP contribution in [0.1, 0.15) is 116 Å². The van der Waals surface area contributed by atoms with Crippen LogP contribution in [0, 0.1) is 0 Å². The maximum atomic E-state index is 2.44. The molecule has 0 radical (unpaired) electrons. The lowest BCUT2D eigenvalue weighted by Crippen LogP contribution is -2.37. The summed E-state index contributed by atoms with van der Waals surface area (Å²) in [6.07, 6.45) is 4.47. The Bertz CT molecular complexity index is 2310.